The fourth-order valence-corrected chi connectivity index (χ4v) is 3.05. The van der Waals surface area contributed by atoms with Crippen molar-refractivity contribution in [2.24, 2.45) is 0 Å². The summed E-state index contributed by atoms with van der Waals surface area (Å²) in [5.74, 6) is -2.15. The summed E-state index contributed by atoms with van der Waals surface area (Å²) in [6.07, 6.45) is 6.62. The molecular formula is C22H39N3O7. The van der Waals surface area contributed by atoms with Crippen molar-refractivity contribution >= 4 is 29.7 Å². The lowest BCUT2D eigenvalue weighted by molar-refractivity contribution is -0.139. The van der Waals surface area contributed by atoms with Crippen LogP contribution in [0.3, 0.4) is 0 Å². The molecule has 10 heteroatoms. The van der Waals surface area contributed by atoms with Crippen LogP contribution in [-0.2, 0) is 19.2 Å². The van der Waals surface area contributed by atoms with Crippen molar-refractivity contribution < 1.29 is 34.2 Å². The molecule has 0 aliphatic carbocycles. The van der Waals surface area contributed by atoms with Crippen molar-refractivity contribution in [1.29, 1.82) is 0 Å². The third-order valence-corrected chi connectivity index (χ3v) is 4.73. The van der Waals surface area contributed by atoms with Gasteiger partial charge in [-0.2, -0.15) is 0 Å². The minimum Gasteiger partial charge on any atom is -0.481 e. The van der Waals surface area contributed by atoms with Crippen molar-refractivity contribution in [1.82, 2.24) is 16.0 Å². The third-order valence-electron chi connectivity index (χ3n) is 4.73. The summed E-state index contributed by atoms with van der Waals surface area (Å²) in [5, 5.41) is 25.3. The summed E-state index contributed by atoms with van der Waals surface area (Å²) in [7, 11) is 0. The number of nitrogens with one attached hydrogen (secondary N) is 3. The number of amides is 3. The van der Waals surface area contributed by atoms with Crippen molar-refractivity contribution in [3.63, 3.8) is 0 Å². The minimum absolute atomic E-state index is 0.00908. The van der Waals surface area contributed by atoms with Gasteiger partial charge < -0.3 is 26.2 Å². The van der Waals surface area contributed by atoms with Gasteiger partial charge in [0.15, 0.2) is 0 Å². The Morgan fingerprint density at radius 2 is 1.31 bits per heavy atom. The van der Waals surface area contributed by atoms with Crippen LogP contribution >= 0.6 is 0 Å². The normalized spacial score (nSPS) is 11.6. The number of aliphatic carboxylic acids is 2. The molecule has 0 heterocycles. The Morgan fingerprint density at radius 1 is 0.719 bits per heavy atom. The Labute approximate surface area is 189 Å². The van der Waals surface area contributed by atoms with Gasteiger partial charge in [0.05, 0.1) is 0 Å². The zero-order valence-corrected chi connectivity index (χ0v) is 19.3. The lowest BCUT2D eigenvalue weighted by atomic mass is 10.0. The van der Waals surface area contributed by atoms with Crippen LogP contribution in [0.2, 0.25) is 0 Å². The van der Waals surface area contributed by atoms with Crippen LogP contribution in [0.1, 0.15) is 90.9 Å². The second-order valence-electron chi connectivity index (χ2n) is 8.21. The molecule has 5 N–H and O–H groups in total. The number of carboxylic acid groups (broad SMARTS) is 2. The first-order chi connectivity index (χ1) is 15.1. The molecule has 0 rings (SSSR count). The van der Waals surface area contributed by atoms with Gasteiger partial charge in [-0.25, -0.2) is 9.59 Å². The lowest BCUT2D eigenvalue weighted by Crippen LogP contribution is -2.46. The molecule has 0 aliphatic heterocycles. The minimum atomic E-state index is -1.22. The Kier molecular flexibility index (Phi) is 16.5. The highest BCUT2D eigenvalue weighted by molar-refractivity contribution is 5.84. The first kappa shape index (κ1) is 29.4. The van der Waals surface area contributed by atoms with Gasteiger partial charge in [-0.15, -0.1) is 0 Å². The molecule has 0 aliphatic rings. The van der Waals surface area contributed by atoms with Gasteiger partial charge in [0.1, 0.15) is 11.8 Å². The number of unbranched alkanes of at least 4 members (excludes halogenated alkanes) is 5. The van der Waals surface area contributed by atoms with E-state index in [0.29, 0.717) is 12.8 Å². The standard InChI is InChI=1S/C22H39N3O7/c1-16(2)24-19(27)11-8-6-4-3-5-7-10-17(26)13-14-18(21(30)31)25-22(32)23-15-9-12-20(28)29/h16,18H,3-15H2,1-2H3,(H,24,27)(H,28,29)(H,30,31)(H2,23,25,32)/t18-/m0/s1. The number of hydrogen-bond acceptors (Lipinski definition) is 5. The Balaban J connectivity index is 3.85. The number of ketones is 1. The van der Waals surface area contributed by atoms with Crippen LogP contribution in [0.25, 0.3) is 0 Å². The summed E-state index contributed by atoms with van der Waals surface area (Å²) in [6, 6.07) is -1.71. The van der Waals surface area contributed by atoms with E-state index in [-0.39, 0.29) is 50.0 Å². The molecule has 0 unspecified atom stereocenters. The van der Waals surface area contributed by atoms with Crippen LogP contribution in [0.5, 0.6) is 0 Å². The quantitative estimate of drug-likeness (QED) is 0.186. The van der Waals surface area contributed by atoms with E-state index in [1.54, 1.807) is 0 Å². The molecule has 1 atom stereocenters. The monoisotopic (exact) mass is 457 g/mol. The number of carbonyl (C=O) groups is 5. The maximum absolute atomic E-state index is 12.0. The SMILES string of the molecule is CC(C)NC(=O)CCCCCCCCC(=O)CC[C@H](NC(=O)NCCCC(=O)O)C(=O)O. The van der Waals surface area contributed by atoms with E-state index in [1.165, 1.54) is 0 Å². The average molecular weight is 458 g/mol. The van der Waals surface area contributed by atoms with Crippen molar-refractivity contribution in [3.05, 3.63) is 0 Å². The van der Waals surface area contributed by atoms with E-state index >= 15 is 0 Å². The summed E-state index contributed by atoms with van der Waals surface area (Å²) in [4.78, 5) is 56.9. The number of hydrogen-bond donors (Lipinski definition) is 5. The Morgan fingerprint density at radius 3 is 1.88 bits per heavy atom. The maximum Gasteiger partial charge on any atom is 0.326 e. The van der Waals surface area contributed by atoms with E-state index in [1.807, 2.05) is 13.8 Å². The molecule has 0 aromatic carbocycles. The van der Waals surface area contributed by atoms with Gasteiger partial charge in [0.25, 0.3) is 0 Å². The maximum atomic E-state index is 12.0. The Bertz CT molecular complexity index is 608. The predicted octanol–water partition coefficient (Wildman–Crippen LogP) is 2.60. The number of Topliss-reactive ketones (excluding diaryl/α,β-unsaturated/α-hetero) is 1. The highest BCUT2D eigenvalue weighted by Crippen LogP contribution is 2.11. The molecule has 0 bridgehead atoms. The van der Waals surface area contributed by atoms with Gasteiger partial charge in [0.2, 0.25) is 5.91 Å². The molecule has 0 radical (unpaired) electrons. The molecule has 0 saturated carbocycles. The van der Waals surface area contributed by atoms with Gasteiger partial charge in [-0.05, 0) is 39.5 Å². The van der Waals surface area contributed by atoms with Crippen molar-refractivity contribution in [3.8, 4) is 0 Å². The molecule has 10 nitrogen and oxygen atoms in total. The predicted molar refractivity (Wildman–Crippen MR) is 119 cm³/mol. The van der Waals surface area contributed by atoms with E-state index in [0.717, 1.165) is 38.5 Å². The molecule has 0 aromatic rings. The smallest absolute Gasteiger partial charge is 0.326 e. The number of urea groups is 1. The molecular weight excluding hydrogens is 418 g/mol. The van der Waals surface area contributed by atoms with Crippen molar-refractivity contribution in [2.45, 2.75) is 103 Å². The third kappa shape index (κ3) is 18.1. The second kappa shape index (κ2) is 18.0. The largest absolute Gasteiger partial charge is 0.481 e. The summed E-state index contributed by atoms with van der Waals surface area (Å²) in [6.45, 7) is 3.98. The summed E-state index contributed by atoms with van der Waals surface area (Å²) in [5.41, 5.74) is 0. The second-order valence-corrected chi connectivity index (χ2v) is 8.21. The van der Waals surface area contributed by atoms with Crippen LogP contribution in [0.15, 0.2) is 0 Å². The first-order valence-corrected chi connectivity index (χ1v) is 11.4. The molecule has 0 saturated heterocycles. The summed E-state index contributed by atoms with van der Waals surface area (Å²) >= 11 is 0. The topological polar surface area (TPSA) is 162 Å². The zero-order valence-electron chi connectivity index (χ0n) is 19.3. The van der Waals surface area contributed by atoms with E-state index in [2.05, 4.69) is 16.0 Å². The fourth-order valence-electron chi connectivity index (χ4n) is 3.05. The highest BCUT2D eigenvalue weighted by atomic mass is 16.4. The number of carbonyl (C=O) groups excluding carboxylic acids is 3. The molecule has 32 heavy (non-hydrogen) atoms. The molecule has 0 fully saturated rings. The Hall–Kier alpha value is -2.65. The molecule has 184 valence electrons. The van der Waals surface area contributed by atoms with Gasteiger partial charge in [-0.3, -0.25) is 14.4 Å². The fraction of sp³-hybridized carbons (Fsp3) is 0.773. The highest BCUT2D eigenvalue weighted by Gasteiger charge is 2.20. The molecule has 3 amide bonds. The van der Waals surface area contributed by atoms with Crippen LogP contribution in [0.4, 0.5) is 4.79 Å². The molecule has 0 spiro atoms. The van der Waals surface area contributed by atoms with E-state index in [4.69, 9.17) is 5.11 Å². The average Bonchev–Trinajstić information content (AvgIpc) is 2.69. The van der Waals surface area contributed by atoms with Crippen LogP contribution in [0, 0.1) is 0 Å². The number of rotatable bonds is 19. The van der Waals surface area contributed by atoms with Crippen molar-refractivity contribution in [2.75, 3.05) is 6.54 Å². The summed E-state index contributed by atoms with van der Waals surface area (Å²) < 4.78 is 0. The van der Waals surface area contributed by atoms with Gasteiger partial charge in [-0.1, -0.05) is 25.7 Å². The van der Waals surface area contributed by atoms with E-state index < -0.39 is 24.0 Å². The van der Waals surface area contributed by atoms with E-state index in [9.17, 15) is 29.1 Å². The lowest BCUT2D eigenvalue weighted by Gasteiger charge is -2.14. The zero-order chi connectivity index (χ0) is 24.4. The first-order valence-electron chi connectivity index (χ1n) is 11.4. The number of carboxylic acids is 2. The van der Waals surface area contributed by atoms with Crippen LogP contribution < -0.4 is 16.0 Å². The van der Waals surface area contributed by atoms with Gasteiger partial charge in [0, 0.05) is 38.3 Å². The van der Waals surface area contributed by atoms with Gasteiger partial charge >= 0.3 is 18.0 Å². The van der Waals surface area contributed by atoms with Crippen LogP contribution in [-0.4, -0.2) is 58.5 Å². The molecule has 0 aromatic heterocycles.